The lowest BCUT2D eigenvalue weighted by Gasteiger charge is -2.10. The van der Waals surface area contributed by atoms with Crippen LogP contribution in [0.25, 0.3) is 5.69 Å². The number of hydrogen-bond donors (Lipinski definition) is 1. The average Bonchev–Trinajstić information content (AvgIpc) is 2.92. The van der Waals surface area contributed by atoms with Gasteiger partial charge in [-0.05, 0) is 62.2 Å². The fourth-order valence-electron chi connectivity index (χ4n) is 3.25. The Morgan fingerprint density at radius 1 is 1.04 bits per heavy atom. The van der Waals surface area contributed by atoms with Gasteiger partial charge in [0.15, 0.2) is 5.78 Å². The van der Waals surface area contributed by atoms with Crippen LogP contribution in [0.5, 0.6) is 0 Å². The standard InChI is InChI=1S/C22H23FN2O/c1-15-6-4-5-7-18(15)13-24-14-22(26)21-12-16(2)25(17(21)3)20-10-8-19(23)9-11-20/h4-12,24H,13-14H2,1-3H3. The van der Waals surface area contributed by atoms with Crippen LogP contribution in [0.3, 0.4) is 0 Å². The van der Waals surface area contributed by atoms with Crippen LogP contribution in [0.15, 0.2) is 54.6 Å². The molecule has 0 unspecified atom stereocenters. The van der Waals surface area contributed by atoms with E-state index in [1.165, 1.54) is 23.3 Å². The van der Waals surface area contributed by atoms with Crippen molar-refractivity contribution in [3.8, 4) is 5.69 Å². The van der Waals surface area contributed by atoms with Crippen molar-refractivity contribution in [2.24, 2.45) is 0 Å². The Morgan fingerprint density at radius 2 is 1.73 bits per heavy atom. The number of carbonyl (C=O) groups is 1. The molecule has 0 amide bonds. The minimum atomic E-state index is -0.270. The summed E-state index contributed by atoms with van der Waals surface area (Å²) in [5.74, 6) is -0.215. The van der Waals surface area contributed by atoms with Crippen LogP contribution in [0.4, 0.5) is 4.39 Å². The van der Waals surface area contributed by atoms with Gasteiger partial charge in [-0.25, -0.2) is 4.39 Å². The Balaban J connectivity index is 1.73. The molecule has 3 rings (SSSR count). The molecule has 0 aliphatic carbocycles. The normalized spacial score (nSPS) is 10.9. The summed E-state index contributed by atoms with van der Waals surface area (Å²) in [7, 11) is 0. The summed E-state index contributed by atoms with van der Waals surface area (Å²) in [5.41, 5.74) is 5.78. The summed E-state index contributed by atoms with van der Waals surface area (Å²) in [4.78, 5) is 12.7. The van der Waals surface area contributed by atoms with Gasteiger partial charge in [0.05, 0.1) is 6.54 Å². The Hall–Kier alpha value is -2.72. The molecule has 0 atom stereocenters. The summed E-state index contributed by atoms with van der Waals surface area (Å²) in [6.45, 7) is 6.88. The zero-order valence-electron chi connectivity index (χ0n) is 15.3. The number of aromatic nitrogens is 1. The molecule has 0 aliphatic rings. The third kappa shape index (κ3) is 3.75. The molecule has 0 aliphatic heterocycles. The van der Waals surface area contributed by atoms with Crippen LogP contribution >= 0.6 is 0 Å². The van der Waals surface area contributed by atoms with Gasteiger partial charge in [0, 0.05) is 29.2 Å². The Labute approximate surface area is 153 Å². The first-order chi connectivity index (χ1) is 12.5. The van der Waals surface area contributed by atoms with Gasteiger partial charge in [-0.2, -0.15) is 0 Å². The largest absolute Gasteiger partial charge is 0.318 e. The van der Waals surface area contributed by atoms with E-state index in [4.69, 9.17) is 0 Å². The smallest absolute Gasteiger partial charge is 0.178 e. The number of nitrogens with zero attached hydrogens (tertiary/aromatic N) is 1. The molecule has 134 valence electrons. The second-order valence-corrected chi connectivity index (χ2v) is 6.55. The Bertz CT molecular complexity index is 926. The van der Waals surface area contributed by atoms with Crippen molar-refractivity contribution in [3.05, 3.63) is 88.5 Å². The van der Waals surface area contributed by atoms with E-state index in [9.17, 15) is 9.18 Å². The molecule has 0 saturated heterocycles. The van der Waals surface area contributed by atoms with E-state index in [-0.39, 0.29) is 18.1 Å². The molecule has 1 aromatic heterocycles. The van der Waals surface area contributed by atoms with Gasteiger partial charge < -0.3 is 9.88 Å². The van der Waals surface area contributed by atoms with Gasteiger partial charge in [-0.15, -0.1) is 0 Å². The first kappa shape index (κ1) is 18.1. The highest BCUT2D eigenvalue weighted by Gasteiger charge is 2.16. The van der Waals surface area contributed by atoms with Crippen molar-refractivity contribution in [2.75, 3.05) is 6.54 Å². The molecule has 3 nitrogen and oxygen atoms in total. The zero-order valence-corrected chi connectivity index (χ0v) is 15.3. The third-order valence-electron chi connectivity index (χ3n) is 4.68. The van der Waals surface area contributed by atoms with Crippen molar-refractivity contribution in [1.82, 2.24) is 9.88 Å². The highest BCUT2D eigenvalue weighted by Crippen LogP contribution is 2.21. The number of benzene rings is 2. The van der Waals surface area contributed by atoms with Gasteiger partial charge in [0.1, 0.15) is 5.82 Å². The molecule has 0 fully saturated rings. The lowest BCUT2D eigenvalue weighted by Crippen LogP contribution is -2.23. The van der Waals surface area contributed by atoms with Crippen LogP contribution in [0.1, 0.15) is 32.9 Å². The Kier molecular flexibility index (Phi) is 5.33. The number of aryl methyl sites for hydroxylation is 2. The van der Waals surface area contributed by atoms with Gasteiger partial charge in [-0.3, -0.25) is 4.79 Å². The topological polar surface area (TPSA) is 34.0 Å². The highest BCUT2D eigenvalue weighted by molar-refractivity contribution is 5.99. The second-order valence-electron chi connectivity index (χ2n) is 6.55. The molecule has 1 heterocycles. The first-order valence-corrected chi connectivity index (χ1v) is 8.70. The number of halogens is 1. The molecule has 4 heteroatoms. The maximum Gasteiger partial charge on any atom is 0.178 e. The SMILES string of the molecule is Cc1ccccc1CNCC(=O)c1cc(C)n(-c2ccc(F)cc2)c1C. The van der Waals surface area contributed by atoms with Crippen molar-refractivity contribution in [2.45, 2.75) is 27.3 Å². The number of rotatable bonds is 6. The predicted molar refractivity (Wildman–Crippen MR) is 102 cm³/mol. The summed E-state index contributed by atoms with van der Waals surface area (Å²) in [6.07, 6.45) is 0. The molecule has 1 N–H and O–H groups in total. The lowest BCUT2D eigenvalue weighted by atomic mass is 10.1. The number of nitrogens with one attached hydrogen (secondary N) is 1. The molecule has 2 aromatic carbocycles. The number of Topliss-reactive ketones (excluding diaryl/α,β-unsaturated/α-hetero) is 1. The van der Waals surface area contributed by atoms with E-state index in [1.807, 2.05) is 36.6 Å². The fourth-order valence-corrected chi connectivity index (χ4v) is 3.25. The Morgan fingerprint density at radius 3 is 2.42 bits per heavy atom. The summed E-state index contributed by atoms with van der Waals surface area (Å²) < 4.78 is 15.2. The van der Waals surface area contributed by atoms with Gasteiger partial charge >= 0.3 is 0 Å². The number of carbonyl (C=O) groups excluding carboxylic acids is 1. The van der Waals surface area contributed by atoms with Crippen molar-refractivity contribution >= 4 is 5.78 Å². The molecule has 0 spiro atoms. The predicted octanol–water partition coefficient (Wildman–Crippen LogP) is 4.51. The minimum absolute atomic E-state index is 0.0556. The van der Waals surface area contributed by atoms with Crippen LogP contribution in [0, 0.1) is 26.6 Å². The summed E-state index contributed by atoms with van der Waals surface area (Å²) in [6, 6.07) is 16.3. The maximum atomic E-state index is 13.2. The summed E-state index contributed by atoms with van der Waals surface area (Å²) in [5, 5.41) is 3.24. The van der Waals surface area contributed by atoms with Crippen LogP contribution < -0.4 is 5.32 Å². The average molecular weight is 350 g/mol. The highest BCUT2D eigenvalue weighted by atomic mass is 19.1. The third-order valence-corrected chi connectivity index (χ3v) is 4.68. The molecule has 26 heavy (non-hydrogen) atoms. The van der Waals surface area contributed by atoms with Gasteiger partial charge in [0.25, 0.3) is 0 Å². The lowest BCUT2D eigenvalue weighted by molar-refractivity contribution is 0.0990. The van der Waals surface area contributed by atoms with Crippen LogP contribution in [0.2, 0.25) is 0 Å². The first-order valence-electron chi connectivity index (χ1n) is 8.70. The molecule has 0 bridgehead atoms. The monoisotopic (exact) mass is 350 g/mol. The fraction of sp³-hybridized carbons (Fsp3) is 0.227. The van der Waals surface area contributed by atoms with Crippen LogP contribution in [-0.4, -0.2) is 16.9 Å². The number of ketones is 1. The van der Waals surface area contributed by atoms with Gasteiger partial charge in [-0.1, -0.05) is 24.3 Å². The minimum Gasteiger partial charge on any atom is -0.318 e. The van der Waals surface area contributed by atoms with E-state index >= 15 is 0 Å². The van der Waals surface area contributed by atoms with E-state index in [0.29, 0.717) is 12.1 Å². The van der Waals surface area contributed by atoms with E-state index in [0.717, 1.165) is 17.1 Å². The van der Waals surface area contributed by atoms with E-state index < -0.39 is 0 Å². The van der Waals surface area contributed by atoms with Crippen molar-refractivity contribution in [1.29, 1.82) is 0 Å². The maximum absolute atomic E-state index is 13.2. The van der Waals surface area contributed by atoms with E-state index in [1.54, 1.807) is 12.1 Å². The van der Waals surface area contributed by atoms with E-state index in [2.05, 4.69) is 24.4 Å². The molecule has 3 aromatic rings. The zero-order chi connectivity index (χ0) is 18.7. The molecular formula is C22H23FN2O. The van der Waals surface area contributed by atoms with Crippen molar-refractivity contribution < 1.29 is 9.18 Å². The quantitative estimate of drug-likeness (QED) is 0.664. The van der Waals surface area contributed by atoms with Crippen molar-refractivity contribution in [3.63, 3.8) is 0 Å². The van der Waals surface area contributed by atoms with Gasteiger partial charge in [0.2, 0.25) is 0 Å². The second kappa shape index (κ2) is 7.67. The molecule has 0 saturated carbocycles. The van der Waals surface area contributed by atoms with Crippen LogP contribution in [-0.2, 0) is 6.54 Å². The molecular weight excluding hydrogens is 327 g/mol. The summed E-state index contributed by atoms with van der Waals surface area (Å²) >= 11 is 0. The molecule has 0 radical (unpaired) electrons. The number of hydrogen-bond acceptors (Lipinski definition) is 2.